The molecular formula is C17H28IN3. The van der Waals surface area contributed by atoms with Gasteiger partial charge in [0.1, 0.15) is 0 Å². The van der Waals surface area contributed by atoms with Crippen molar-refractivity contribution in [2.24, 2.45) is 11.8 Å². The van der Waals surface area contributed by atoms with Gasteiger partial charge >= 0.3 is 0 Å². The second-order valence-corrected chi connectivity index (χ2v) is 7.98. The molecule has 0 aromatic heterocycles. The molecule has 0 bridgehead atoms. The number of hydrogen-bond acceptors (Lipinski definition) is 3. The first kappa shape index (κ1) is 17.2. The third-order valence-corrected chi connectivity index (χ3v) is 5.95. The van der Waals surface area contributed by atoms with Crippen molar-refractivity contribution in [1.29, 1.82) is 0 Å². The van der Waals surface area contributed by atoms with E-state index in [0.717, 1.165) is 12.3 Å². The van der Waals surface area contributed by atoms with Gasteiger partial charge in [0.2, 0.25) is 0 Å². The minimum Gasteiger partial charge on any atom is -0.302 e. The second kappa shape index (κ2) is 7.40. The minimum atomic E-state index is 0.171. The van der Waals surface area contributed by atoms with Gasteiger partial charge in [-0.25, -0.2) is 0 Å². The lowest BCUT2D eigenvalue weighted by atomic mass is 9.71. The number of hydrazine groups is 1. The average molecular weight is 401 g/mol. The van der Waals surface area contributed by atoms with Crippen molar-refractivity contribution in [2.45, 2.75) is 50.6 Å². The molecule has 1 aliphatic rings. The summed E-state index contributed by atoms with van der Waals surface area (Å²) in [7, 11) is 4.41. The van der Waals surface area contributed by atoms with Gasteiger partial charge in [0, 0.05) is 15.2 Å². The van der Waals surface area contributed by atoms with E-state index in [0.29, 0.717) is 6.04 Å². The summed E-state index contributed by atoms with van der Waals surface area (Å²) < 4.78 is 1.28. The molecule has 1 aromatic carbocycles. The van der Waals surface area contributed by atoms with E-state index in [4.69, 9.17) is 5.84 Å². The van der Waals surface area contributed by atoms with Crippen molar-refractivity contribution in [3.8, 4) is 0 Å². The lowest BCUT2D eigenvalue weighted by Crippen LogP contribution is -2.62. The molecule has 3 nitrogen and oxygen atoms in total. The van der Waals surface area contributed by atoms with E-state index in [2.05, 4.69) is 78.2 Å². The molecule has 0 radical (unpaired) electrons. The summed E-state index contributed by atoms with van der Waals surface area (Å²) >= 11 is 2.35. The van der Waals surface area contributed by atoms with E-state index in [9.17, 15) is 0 Å². The van der Waals surface area contributed by atoms with Gasteiger partial charge in [-0.3, -0.25) is 11.3 Å². The number of benzene rings is 1. The fraction of sp³-hybridized carbons (Fsp3) is 0.647. The molecule has 0 spiro atoms. The Labute approximate surface area is 142 Å². The molecule has 1 aliphatic carbocycles. The molecule has 0 aliphatic heterocycles. The van der Waals surface area contributed by atoms with E-state index in [1.807, 2.05) is 0 Å². The maximum Gasteiger partial charge on any atom is 0.0434 e. The van der Waals surface area contributed by atoms with Crippen molar-refractivity contribution >= 4 is 22.6 Å². The first-order chi connectivity index (χ1) is 9.98. The smallest absolute Gasteiger partial charge is 0.0434 e. The summed E-state index contributed by atoms with van der Waals surface area (Å²) in [5.74, 6) is 6.80. The normalized spacial score (nSPS) is 27.8. The van der Waals surface area contributed by atoms with Crippen molar-refractivity contribution in [2.75, 3.05) is 14.1 Å². The molecule has 21 heavy (non-hydrogen) atoms. The van der Waals surface area contributed by atoms with Gasteiger partial charge in [0.15, 0.2) is 0 Å². The largest absolute Gasteiger partial charge is 0.302 e. The van der Waals surface area contributed by atoms with Crippen LogP contribution in [-0.2, 0) is 6.42 Å². The molecule has 1 fully saturated rings. The van der Waals surface area contributed by atoms with Gasteiger partial charge in [-0.2, -0.15) is 0 Å². The second-order valence-electron chi connectivity index (χ2n) is 6.73. The molecule has 0 saturated heterocycles. The highest BCUT2D eigenvalue weighted by atomic mass is 127. The highest BCUT2D eigenvalue weighted by molar-refractivity contribution is 14.1. The highest BCUT2D eigenvalue weighted by Crippen LogP contribution is 2.38. The summed E-state index contributed by atoms with van der Waals surface area (Å²) in [5, 5.41) is 0. The average Bonchev–Trinajstić information content (AvgIpc) is 2.48. The van der Waals surface area contributed by atoms with Crippen LogP contribution in [0.2, 0.25) is 0 Å². The Morgan fingerprint density at radius 2 is 1.86 bits per heavy atom. The van der Waals surface area contributed by atoms with E-state index < -0.39 is 0 Å². The van der Waals surface area contributed by atoms with Crippen LogP contribution in [-0.4, -0.2) is 30.6 Å². The van der Waals surface area contributed by atoms with Crippen molar-refractivity contribution in [3.05, 3.63) is 33.4 Å². The zero-order valence-corrected chi connectivity index (χ0v) is 15.6. The molecule has 0 amide bonds. The Kier molecular flexibility index (Phi) is 6.05. The van der Waals surface area contributed by atoms with Crippen LogP contribution in [0.3, 0.4) is 0 Å². The van der Waals surface area contributed by atoms with Gasteiger partial charge in [-0.1, -0.05) is 19.1 Å². The Balaban J connectivity index is 2.18. The van der Waals surface area contributed by atoms with Crippen LogP contribution < -0.4 is 11.3 Å². The Morgan fingerprint density at radius 3 is 2.33 bits per heavy atom. The van der Waals surface area contributed by atoms with Gasteiger partial charge < -0.3 is 4.90 Å². The summed E-state index contributed by atoms with van der Waals surface area (Å²) in [6, 6.07) is 9.09. The Hall–Kier alpha value is -0.170. The molecule has 3 N–H and O–H groups in total. The molecule has 1 unspecified atom stereocenters. The van der Waals surface area contributed by atoms with Gasteiger partial charge in [0.05, 0.1) is 0 Å². The monoisotopic (exact) mass is 401 g/mol. The number of nitrogens with two attached hydrogens (primary N) is 1. The lowest BCUT2D eigenvalue weighted by Gasteiger charge is -2.49. The zero-order valence-electron chi connectivity index (χ0n) is 13.4. The fourth-order valence-electron chi connectivity index (χ4n) is 3.63. The first-order valence-corrected chi connectivity index (χ1v) is 8.94. The predicted molar refractivity (Wildman–Crippen MR) is 98.0 cm³/mol. The maximum atomic E-state index is 5.96. The summed E-state index contributed by atoms with van der Waals surface area (Å²) in [6.07, 6.45) is 6.02. The molecule has 2 rings (SSSR count). The minimum absolute atomic E-state index is 0.171. The number of halogens is 1. The molecular weight excluding hydrogens is 373 g/mol. The van der Waals surface area contributed by atoms with Crippen LogP contribution in [0, 0.1) is 9.49 Å². The van der Waals surface area contributed by atoms with Crippen molar-refractivity contribution in [1.82, 2.24) is 10.3 Å². The third-order valence-electron chi connectivity index (χ3n) is 5.23. The van der Waals surface area contributed by atoms with E-state index >= 15 is 0 Å². The lowest BCUT2D eigenvalue weighted by molar-refractivity contribution is 0.0434. The first-order valence-electron chi connectivity index (χ1n) is 7.86. The zero-order chi connectivity index (χ0) is 15.5. The van der Waals surface area contributed by atoms with Gasteiger partial charge in [-0.15, -0.1) is 0 Å². The maximum absolute atomic E-state index is 5.96. The summed E-state index contributed by atoms with van der Waals surface area (Å²) in [6.45, 7) is 2.36. The Bertz CT molecular complexity index is 436. The number of rotatable bonds is 5. The molecule has 4 heteroatoms. The van der Waals surface area contributed by atoms with Crippen LogP contribution in [0.5, 0.6) is 0 Å². The molecule has 1 saturated carbocycles. The molecule has 118 valence electrons. The number of hydrogen-bond donors (Lipinski definition) is 2. The number of likely N-dealkylation sites (N-methyl/N-ethyl adjacent to an activating group) is 1. The molecule has 0 heterocycles. The quantitative estimate of drug-likeness (QED) is 0.453. The fourth-order valence-corrected chi connectivity index (χ4v) is 3.99. The van der Waals surface area contributed by atoms with Gasteiger partial charge in [-0.05, 0) is 92.4 Å². The van der Waals surface area contributed by atoms with E-state index in [1.54, 1.807) is 0 Å². The van der Waals surface area contributed by atoms with Crippen LogP contribution in [0.4, 0.5) is 0 Å². The third kappa shape index (κ3) is 3.97. The van der Waals surface area contributed by atoms with E-state index in [-0.39, 0.29) is 5.54 Å². The number of nitrogens with one attached hydrogen (secondary N) is 1. The van der Waals surface area contributed by atoms with Crippen LogP contribution in [0.15, 0.2) is 24.3 Å². The predicted octanol–water partition coefficient (Wildman–Crippen LogP) is 3.18. The topological polar surface area (TPSA) is 41.3 Å². The van der Waals surface area contributed by atoms with Crippen LogP contribution in [0.25, 0.3) is 0 Å². The van der Waals surface area contributed by atoms with Crippen molar-refractivity contribution < 1.29 is 0 Å². The number of nitrogens with zero attached hydrogens (tertiary/aromatic N) is 1. The standard InChI is InChI=1S/C17H28IN3/c1-13-8-10-17(11-9-13,21(2)3)16(20-19)12-14-4-6-15(18)7-5-14/h4-7,13,16,20H,8-12,19H2,1-3H3. The summed E-state index contributed by atoms with van der Waals surface area (Å²) in [4.78, 5) is 2.40. The van der Waals surface area contributed by atoms with Crippen molar-refractivity contribution in [3.63, 3.8) is 0 Å². The van der Waals surface area contributed by atoms with E-state index in [1.165, 1.54) is 34.8 Å². The van der Waals surface area contributed by atoms with Crippen LogP contribution >= 0.6 is 22.6 Å². The highest BCUT2D eigenvalue weighted by Gasteiger charge is 2.42. The Morgan fingerprint density at radius 1 is 1.29 bits per heavy atom. The molecule has 1 atom stereocenters. The SMILES string of the molecule is CC1CCC(C(Cc2ccc(I)cc2)NN)(N(C)C)CC1. The van der Waals surface area contributed by atoms with Gasteiger partial charge in [0.25, 0.3) is 0 Å². The summed E-state index contributed by atoms with van der Waals surface area (Å²) in [5.41, 5.74) is 4.66. The molecule has 1 aromatic rings. The van der Waals surface area contributed by atoms with Crippen LogP contribution in [0.1, 0.15) is 38.2 Å².